The number of likely N-dealkylation sites (tertiary alicyclic amines) is 1. The van der Waals surface area contributed by atoms with Crippen LogP contribution in [0.25, 0.3) is 0 Å². The first-order valence-corrected chi connectivity index (χ1v) is 5.56. The lowest BCUT2D eigenvalue weighted by Crippen LogP contribution is -2.43. The van der Waals surface area contributed by atoms with Crippen molar-refractivity contribution in [1.82, 2.24) is 9.21 Å². The number of carboxylic acid groups (broad SMARTS) is 1. The number of hydrogen-bond donors (Lipinski definition) is 2. The molecule has 1 saturated heterocycles. The number of nitrogens with zero attached hydrogens (tertiary/aromatic N) is 2. The summed E-state index contributed by atoms with van der Waals surface area (Å²) >= 11 is 0. The van der Waals surface area contributed by atoms with E-state index in [0.717, 1.165) is 4.31 Å². The maximum Gasteiger partial charge on any atom is 0.407 e. The predicted octanol–water partition coefficient (Wildman–Crippen LogP) is -1.13. The van der Waals surface area contributed by atoms with Gasteiger partial charge in [-0.15, -0.1) is 0 Å². The molecule has 1 aliphatic rings. The number of nitrogens with two attached hydrogens (primary N) is 1. The topological polar surface area (TPSA) is 104 Å². The molecule has 0 saturated carbocycles. The molecule has 0 bridgehead atoms. The second-order valence-corrected chi connectivity index (χ2v) is 4.84. The minimum absolute atomic E-state index is 0.183. The summed E-state index contributed by atoms with van der Waals surface area (Å²) in [5, 5.41) is 13.6. The number of hydrogen-bond acceptors (Lipinski definition) is 3. The smallest absolute Gasteiger partial charge is 0.407 e. The van der Waals surface area contributed by atoms with E-state index in [1.54, 1.807) is 0 Å². The standard InChI is InChI=1S/C6H13N3O4S/c1-8(14(7,12)13)5-2-3-9(4-5)6(10)11/h5H,2-4H2,1H3,(H,10,11)(H2,7,12,13)/t5-/m1/s1. The molecule has 82 valence electrons. The third kappa shape index (κ3) is 2.34. The SMILES string of the molecule is CN([C@@H]1CCN(C(=O)O)C1)S(N)(=O)=O. The van der Waals surface area contributed by atoms with Crippen LogP contribution in [0.1, 0.15) is 6.42 Å². The molecule has 1 atom stereocenters. The summed E-state index contributed by atoms with van der Waals surface area (Å²) in [7, 11) is -2.37. The monoisotopic (exact) mass is 223 g/mol. The lowest BCUT2D eigenvalue weighted by atomic mass is 10.3. The van der Waals surface area contributed by atoms with Gasteiger partial charge in [0.1, 0.15) is 0 Å². The van der Waals surface area contributed by atoms with Crippen LogP contribution in [0.2, 0.25) is 0 Å². The van der Waals surface area contributed by atoms with Crippen molar-refractivity contribution in [3.05, 3.63) is 0 Å². The molecule has 1 aliphatic heterocycles. The first-order chi connectivity index (χ1) is 6.32. The maximum absolute atomic E-state index is 10.9. The van der Waals surface area contributed by atoms with Crippen molar-refractivity contribution in [2.75, 3.05) is 20.1 Å². The van der Waals surface area contributed by atoms with Gasteiger partial charge in [0.15, 0.2) is 0 Å². The molecule has 1 amide bonds. The van der Waals surface area contributed by atoms with Crippen LogP contribution in [0.5, 0.6) is 0 Å². The molecule has 0 spiro atoms. The molecular formula is C6H13N3O4S. The Morgan fingerprint density at radius 1 is 1.64 bits per heavy atom. The summed E-state index contributed by atoms with van der Waals surface area (Å²) in [5.74, 6) is 0. The largest absolute Gasteiger partial charge is 0.465 e. The van der Waals surface area contributed by atoms with Crippen LogP contribution in [-0.2, 0) is 10.2 Å². The zero-order chi connectivity index (χ0) is 10.9. The van der Waals surface area contributed by atoms with Crippen LogP contribution in [-0.4, -0.2) is 55.0 Å². The molecule has 0 aromatic carbocycles. The zero-order valence-corrected chi connectivity index (χ0v) is 8.57. The Balaban J connectivity index is 2.63. The Labute approximate surface area is 82.3 Å². The highest BCUT2D eigenvalue weighted by Crippen LogP contribution is 2.15. The van der Waals surface area contributed by atoms with E-state index in [1.165, 1.54) is 11.9 Å². The van der Waals surface area contributed by atoms with E-state index >= 15 is 0 Å². The second-order valence-electron chi connectivity index (χ2n) is 3.23. The normalized spacial score (nSPS) is 23.1. The van der Waals surface area contributed by atoms with Gasteiger partial charge in [-0.05, 0) is 6.42 Å². The van der Waals surface area contributed by atoms with Gasteiger partial charge in [0.25, 0.3) is 10.2 Å². The molecule has 1 fully saturated rings. The van der Waals surface area contributed by atoms with Crippen molar-refractivity contribution in [2.24, 2.45) is 5.14 Å². The lowest BCUT2D eigenvalue weighted by Gasteiger charge is -2.20. The van der Waals surface area contributed by atoms with Crippen LogP contribution in [0.4, 0.5) is 4.79 Å². The average molecular weight is 223 g/mol. The van der Waals surface area contributed by atoms with Gasteiger partial charge in [-0.2, -0.15) is 12.7 Å². The highest BCUT2D eigenvalue weighted by Gasteiger charge is 2.32. The van der Waals surface area contributed by atoms with E-state index in [2.05, 4.69) is 0 Å². The van der Waals surface area contributed by atoms with E-state index in [-0.39, 0.29) is 12.6 Å². The fourth-order valence-corrected chi connectivity index (χ4v) is 2.01. The predicted molar refractivity (Wildman–Crippen MR) is 48.9 cm³/mol. The van der Waals surface area contributed by atoms with E-state index in [4.69, 9.17) is 10.2 Å². The van der Waals surface area contributed by atoms with Gasteiger partial charge >= 0.3 is 6.09 Å². The van der Waals surface area contributed by atoms with E-state index in [0.29, 0.717) is 13.0 Å². The minimum atomic E-state index is -3.72. The summed E-state index contributed by atoms with van der Waals surface area (Å²) in [4.78, 5) is 11.7. The summed E-state index contributed by atoms with van der Waals surface area (Å²) in [6.45, 7) is 0.530. The van der Waals surface area contributed by atoms with Crippen LogP contribution in [0.15, 0.2) is 0 Å². The van der Waals surface area contributed by atoms with Crippen LogP contribution in [0.3, 0.4) is 0 Å². The van der Waals surface area contributed by atoms with Crippen molar-refractivity contribution in [3.8, 4) is 0 Å². The van der Waals surface area contributed by atoms with Gasteiger partial charge in [0, 0.05) is 26.2 Å². The third-order valence-corrected chi connectivity index (χ3v) is 3.45. The lowest BCUT2D eigenvalue weighted by molar-refractivity contribution is 0.153. The summed E-state index contributed by atoms with van der Waals surface area (Å²) in [5.41, 5.74) is 0. The summed E-state index contributed by atoms with van der Waals surface area (Å²) < 4.78 is 22.9. The van der Waals surface area contributed by atoms with Crippen molar-refractivity contribution >= 4 is 16.3 Å². The molecule has 1 heterocycles. The minimum Gasteiger partial charge on any atom is -0.465 e. The second kappa shape index (κ2) is 3.71. The fourth-order valence-electron chi connectivity index (χ4n) is 1.42. The van der Waals surface area contributed by atoms with Gasteiger partial charge in [0.2, 0.25) is 0 Å². The first kappa shape index (κ1) is 11.2. The van der Waals surface area contributed by atoms with Crippen LogP contribution in [0, 0.1) is 0 Å². The van der Waals surface area contributed by atoms with Crippen LogP contribution >= 0.6 is 0 Å². The Bertz CT molecular complexity index is 328. The Kier molecular flexibility index (Phi) is 2.98. The quantitative estimate of drug-likeness (QED) is 0.618. The molecule has 0 radical (unpaired) electrons. The molecule has 7 nitrogen and oxygen atoms in total. The first-order valence-electron chi connectivity index (χ1n) is 4.06. The fraction of sp³-hybridized carbons (Fsp3) is 0.833. The van der Waals surface area contributed by atoms with Crippen molar-refractivity contribution < 1.29 is 18.3 Å². The molecule has 0 aliphatic carbocycles. The Hall–Kier alpha value is -0.860. The third-order valence-electron chi connectivity index (χ3n) is 2.35. The van der Waals surface area contributed by atoms with E-state index in [9.17, 15) is 13.2 Å². The summed E-state index contributed by atoms with van der Waals surface area (Å²) in [6, 6.07) is -0.346. The molecule has 14 heavy (non-hydrogen) atoms. The van der Waals surface area contributed by atoms with E-state index < -0.39 is 16.3 Å². The van der Waals surface area contributed by atoms with Gasteiger partial charge in [-0.25, -0.2) is 9.93 Å². The number of likely N-dealkylation sites (N-methyl/N-ethyl adjacent to an activating group) is 1. The van der Waals surface area contributed by atoms with Crippen LogP contribution < -0.4 is 5.14 Å². The highest BCUT2D eigenvalue weighted by atomic mass is 32.2. The maximum atomic E-state index is 10.9. The number of carbonyl (C=O) groups is 1. The molecule has 0 unspecified atom stereocenters. The van der Waals surface area contributed by atoms with Gasteiger partial charge in [0.05, 0.1) is 0 Å². The van der Waals surface area contributed by atoms with E-state index in [1.807, 2.05) is 0 Å². The van der Waals surface area contributed by atoms with Gasteiger partial charge < -0.3 is 10.0 Å². The summed E-state index contributed by atoms with van der Waals surface area (Å²) in [6.07, 6.45) is -0.547. The molecule has 0 aromatic heterocycles. The molecule has 8 heteroatoms. The van der Waals surface area contributed by atoms with Crippen molar-refractivity contribution in [2.45, 2.75) is 12.5 Å². The Morgan fingerprint density at radius 3 is 2.57 bits per heavy atom. The molecular weight excluding hydrogens is 210 g/mol. The van der Waals surface area contributed by atoms with Crippen molar-refractivity contribution in [3.63, 3.8) is 0 Å². The molecule has 0 aromatic rings. The molecule has 1 rings (SSSR count). The number of rotatable bonds is 2. The average Bonchev–Trinajstić information content (AvgIpc) is 2.48. The molecule has 3 N–H and O–H groups in total. The Morgan fingerprint density at radius 2 is 2.21 bits per heavy atom. The number of amides is 1. The van der Waals surface area contributed by atoms with Gasteiger partial charge in [-0.1, -0.05) is 0 Å². The van der Waals surface area contributed by atoms with Gasteiger partial charge in [-0.3, -0.25) is 0 Å². The highest BCUT2D eigenvalue weighted by molar-refractivity contribution is 7.86. The zero-order valence-electron chi connectivity index (χ0n) is 7.75. The van der Waals surface area contributed by atoms with Crippen molar-refractivity contribution in [1.29, 1.82) is 0 Å².